The summed E-state index contributed by atoms with van der Waals surface area (Å²) in [5, 5.41) is 0. The van der Waals surface area contributed by atoms with E-state index in [1.54, 1.807) is 10.8 Å². The van der Waals surface area contributed by atoms with Crippen LogP contribution in [0.5, 0.6) is 0 Å². The average Bonchev–Trinajstić information content (AvgIpc) is 2.65. The number of benzene rings is 1. The number of sulfonamides is 1. The van der Waals surface area contributed by atoms with Gasteiger partial charge in [0, 0.05) is 29.2 Å². The van der Waals surface area contributed by atoms with Gasteiger partial charge in [-0.2, -0.15) is 17.9 Å². The van der Waals surface area contributed by atoms with Gasteiger partial charge < -0.3 is 11.5 Å². The van der Waals surface area contributed by atoms with Crippen LogP contribution in [0, 0.1) is 0 Å². The number of hydrogen-bond donors (Lipinski definition) is 3. The molecule has 3 rings (SSSR count). The molecule has 1 aliphatic rings. The monoisotopic (exact) mass is 423 g/mol. The van der Waals surface area contributed by atoms with E-state index in [4.69, 9.17) is 11.5 Å². The molecule has 2 aromatic rings. The molecule has 0 bridgehead atoms. The molecule has 1 aliphatic heterocycles. The van der Waals surface area contributed by atoms with Crippen LogP contribution in [-0.2, 0) is 10.0 Å². The van der Waals surface area contributed by atoms with E-state index in [9.17, 15) is 21.6 Å². The lowest BCUT2D eigenvalue weighted by Crippen LogP contribution is -2.44. The number of alkyl halides is 3. The maximum absolute atomic E-state index is 13.2. The summed E-state index contributed by atoms with van der Waals surface area (Å²) in [5.41, 5.74) is 12.5. The van der Waals surface area contributed by atoms with E-state index in [1.807, 2.05) is 0 Å². The highest BCUT2D eigenvalue weighted by Crippen LogP contribution is 2.31. The molecule has 0 amide bonds. The van der Waals surface area contributed by atoms with Crippen molar-refractivity contribution in [3.05, 3.63) is 72.1 Å². The predicted molar refractivity (Wildman–Crippen MR) is 102 cm³/mol. The third-order valence-corrected chi connectivity index (χ3v) is 5.54. The molecule has 0 saturated carbocycles. The quantitative estimate of drug-likeness (QED) is 0.681. The minimum atomic E-state index is -4.79. The van der Waals surface area contributed by atoms with E-state index >= 15 is 0 Å². The molecular weight excluding hydrogens is 407 g/mol. The topological polar surface area (TPSA) is 124 Å². The summed E-state index contributed by atoms with van der Waals surface area (Å²) in [6.45, 7) is 0. The van der Waals surface area contributed by atoms with Gasteiger partial charge in [0.1, 0.15) is 6.04 Å². The SMILES string of the molecule is N\C(=C/C=C1\C=C\[C@H](C(F)(F)F)NS(=O)(=O)c2ccccc21)c1cnc(N)nc1. The molecule has 5 N–H and O–H groups in total. The molecule has 0 radical (unpaired) electrons. The van der Waals surface area contributed by atoms with Crippen molar-refractivity contribution in [1.29, 1.82) is 0 Å². The molecule has 0 fully saturated rings. The third-order valence-electron chi connectivity index (χ3n) is 4.04. The van der Waals surface area contributed by atoms with Crippen LogP contribution in [0.1, 0.15) is 11.1 Å². The molecule has 0 spiro atoms. The van der Waals surface area contributed by atoms with Gasteiger partial charge in [-0.15, -0.1) is 0 Å². The van der Waals surface area contributed by atoms with Gasteiger partial charge in [0.15, 0.2) is 0 Å². The number of nitrogens with zero attached hydrogens (tertiary/aromatic N) is 2. The highest BCUT2D eigenvalue weighted by atomic mass is 32.2. The van der Waals surface area contributed by atoms with Gasteiger partial charge in [-0.3, -0.25) is 0 Å². The molecule has 7 nitrogen and oxygen atoms in total. The summed E-state index contributed by atoms with van der Waals surface area (Å²) in [6.07, 6.45) is 2.78. The lowest BCUT2D eigenvalue weighted by atomic mass is 10.0. The first-order chi connectivity index (χ1) is 13.6. The standard InChI is InChI=1S/C18H16F3N5O2S/c19-18(20,21)16-8-6-11(5-7-14(22)12-9-24-17(23)25-10-12)13-3-1-2-4-15(13)29(27,28)26-16/h1-10,16,26H,22H2,(H2,23,24,25)/b8-6+,11-5+,14-7-/t16-/m1/s1. The Labute approximate surface area is 164 Å². The molecule has 152 valence electrons. The first-order valence-electron chi connectivity index (χ1n) is 8.20. The summed E-state index contributed by atoms with van der Waals surface area (Å²) in [6, 6.07) is 3.38. The Kier molecular flexibility index (Phi) is 5.44. The number of rotatable bonds is 2. The maximum Gasteiger partial charge on any atom is 0.408 e. The molecule has 1 aromatic heterocycles. The lowest BCUT2D eigenvalue weighted by molar-refractivity contribution is -0.140. The molecule has 0 unspecified atom stereocenters. The number of hydrogen-bond acceptors (Lipinski definition) is 6. The molecular formula is C18H16F3N5O2S. The van der Waals surface area contributed by atoms with Gasteiger partial charge in [-0.05, 0) is 17.7 Å². The molecule has 1 aromatic carbocycles. The fraction of sp³-hybridized carbons (Fsp3) is 0.111. The van der Waals surface area contributed by atoms with Crippen LogP contribution in [0.2, 0.25) is 0 Å². The van der Waals surface area contributed by atoms with Crippen LogP contribution in [0.4, 0.5) is 19.1 Å². The molecule has 11 heteroatoms. The van der Waals surface area contributed by atoms with Gasteiger partial charge in [-0.1, -0.05) is 36.4 Å². The van der Waals surface area contributed by atoms with E-state index in [-0.39, 0.29) is 27.7 Å². The van der Waals surface area contributed by atoms with Crippen molar-refractivity contribution in [1.82, 2.24) is 14.7 Å². The second-order valence-electron chi connectivity index (χ2n) is 6.07. The molecule has 1 atom stereocenters. The summed E-state index contributed by atoms with van der Waals surface area (Å²) >= 11 is 0. The van der Waals surface area contributed by atoms with Gasteiger partial charge in [0.25, 0.3) is 0 Å². The number of aromatic nitrogens is 2. The van der Waals surface area contributed by atoms with Crippen LogP contribution < -0.4 is 16.2 Å². The zero-order valence-electron chi connectivity index (χ0n) is 14.8. The number of nitrogen functional groups attached to an aromatic ring is 1. The second kappa shape index (κ2) is 7.68. The highest BCUT2D eigenvalue weighted by Gasteiger charge is 2.41. The zero-order valence-corrected chi connectivity index (χ0v) is 15.6. The van der Waals surface area contributed by atoms with Crippen molar-refractivity contribution in [2.75, 3.05) is 5.73 Å². The average molecular weight is 423 g/mol. The number of nitrogens with one attached hydrogen (secondary N) is 1. The fourth-order valence-corrected chi connectivity index (χ4v) is 3.99. The van der Waals surface area contributed by atoms with Gasteiger partial charge in [0.2, 0.25) is 16.0 Å². The fourth-order valence-electron chi connectivity index (χ4n) is 2.58. The summed E-state index contributed by atoms with van der Waals surface area (Å²) in [5.74, 6) is 0.0627. The Balaban J connectivity index is 2.12. The Morgan fingerprint density at radius 2 is 1.83 bits per heavy atom. The van der Waals surface area contributed by atoms with Crippen LogP contribution >= 0.6 is 0 Å². The van der Waals surface area contributed by atoms with E-state index in [0.717, 1.165) is 6.08 Å². The molecule has 2 heterocycles. The summed E-state index contributed by atoms with van der Waals surface area (Å²) in [7, 11) is -4.41. The molecule has 29 heavy (non-hydrogen) atoms. The zero-order chi connectivity index (χ0) is 21.2. The Hall–Kier alpha value is -3.18. The van der Waals surface area contributed by atoms with Crippen molar-refractivity contribution in [3.8, 4) is 0 Å². The van der Waals surface area contributed by atoms with E-state index in [0.29, 0.717) is 5.56 Å². The number of halogens is 3. The minimum absolute atomic E-state index is 0.0627. The maximum atomic E-state index is 13.2. The Morgan fingerprint density at radius 1 is 1.17 bits per heavy atom. The van der Waals surface area contributed by atoms with Crippen molar-refractivity contribution < 1.29 is 21.6 Å². The van der Waals surface area contributed by atoms with Crippen LogP contribution in [-0.4, -0.2) is 30.6 Å². The molecule has 0 aliphatic carbocycles. The van der Waals surface area contributed by atoms with E-state index in [1.165, 1.54) is 48.8 Å². The van der Waals surface area contributed by atoms with Gasteiger partial charge in [0.05, 0.1) is 4.90 Å². The molecule has 0 saturated heterocycles. The summed E-state index contributed by atoms with van der Waals surface area (Å²) in [4.78, 5) is 7.36. The Bertz CT molecular complexity index is 1110. The van der Waals surface area contributed by atoms with Crippen molar-refractivity contribution in [2.24, 2.45) is 5.73 Å². The van der Waals surface area contributed by atoms with Crippen LogP contribution in [0.25, 0.3) is 11.3 Å². The summed E-state index contributed by atoms with van der Waals surface area (Å²) < 4.78 is 66.3. The highest BCUT2D eigenvalue weighted by molar-refractivity contribution is 7.89. The largest absolute Gasteiger partial charge is 0.408 e. The first-order valence-corrected chi connectivity index (χ1v) is 9.68. The van der Waals surface area contributed by atoms with Crippen LogP contribution in [0.3, 0.4) is 0 Å². The van der Waals surface area contributed by atoms with Crippen molar-refractivity contribution in [2.45, 2.75) is 17.1 Å². The minimum Gasteiger partial charge on any atom is -0.398 e. The normalized spacial score (nSPS) is 21.8. The van der Waals surface area contributed by atoms with Crippen LogP contribution in [0.15, 0.2) is 65.9 Å². The van der Waals surface area contributed by atoms with Gasteiger partial charge >= 0.3 is 6.18 Å². The predicted octanol–water partition coefficient (Wildman–Crippen LogP) is 2.22. The first kappa shape index (κ1) is 20.6. The number of fused-ring (bicyclic) bond motifs is 1. The number of nitrogens with two attached hydrogens (primary N) is 2. The second-order valence-corrected chi connectivity index (χ2v) is 7.75. The number of anilines is 1. The van der Waals surface area contributed by atoms with Crippen molar-refractivity contribution >= 4 is 27.2 Å². The van der Waals surface area contributed by atoms with Crippen molar-refractivity contribution in [3.63, 3.8) is 0 Å². The smallest absolute Gasteiger partial charge is 0.398 e. The van der Waals surface area contributed by atoms with E-state index in [2.05, 4.69) is 9.97 Å². The Morgan fingerprint density at radius 3 is 2.48 bits per heavy atom. The third kappa shape index (κ3) is 4.63. The van der Waals surface area contributed by atoms with E-state index < -0.39 is 22.2 Å². The number of allylic oxidation sites excluding steroid dienone is 4. The van der Waals surface area contributed by atoms with Gasteiger partial charge in [-0.25, -0.2) is 18.4 Å². The lowest BCUT2D eigenvalue weighted by Gasteiger charge is -2.22.